The molecule has 0 aliphatic rings. The molecule has 1 unspecified atom stereocenters. The van der Waals surface area contributed by atoms with Crippen LogP contribution >= 0.6 is 22.9 Å². The van der Waals surface area contributed by atoms with Gasteiger partial charge in [0.05, 0.1) is 12.0 Å². The van der Waals surface area contributed by atoms with Gasteiger partial charge in [0, 0.05) is 0 Å². The molecule has 0 saturated carbocycles. The highest BCUT2D eigenvalue weighted by Crippen LogP contribution is 2.34. The Kier molecular flexibility index (Phi) is 3.40. The summed E-state index contributed by atoms with van der Waals surface area (Å²) in [6, 6.07) is -1.39. The van der Waals surface area contributed by atoms with Crippen molar-refractivity contribution in [1.29, 1.82) is 0 Å². The van der Waals surface area contributed by atoms with Crippen LogP contribution in [0.1, 0.15) is 10.9 Å². The zero-order chi connectivity index (χ0) is 10.0. The van der Waals surface area contributed by atoms with E-state index in [0.717, 1.165) is 11.3 Å². The topological polar surface area (TPSA) is 48.1 Å². The summed E-state index contributed by atoms with van der Waals surface area (Å²) in [5, 5.41) is 0.214. The second kappa shape index (κ2) is 4.17. The number of nitrogens with zero attached hydrogens (tertiary/aromatic N) is 1. The fraction of sp³-hybridized carbons (Fsp3) is 0.500. The van der Waals surface area contributed by atoms with Crippen LogP contribution in [0.2, 0.25) is 5.15 Å². The van der Waals surface area contributed by atoms with E-state index in [9.17, 15) is 8.78 Å². The van der Waals surface area contributed by atoms with Crippen LogP contribution in [0, 0.1) is 0 Å². The third-order valence-electron chi connectivity index (χ3n) is 1.34. The number of hydrogen-bond donors (Lipinski definition) is 1. The van der Waals surface area contributed by atoms with Crippen molar-refractivity contribution in [3.05, 3.63) is 10.0 Å². The van der Waals surface area contributed by atoms with E-state index in [-0.39, 0.29) is 15.2 Å². The van der Waals surface area contributed by atoms with Gasteiger partial charge in [0.15, 0.2) is 0 Å². The molecule has 0 aliphatic carbocycles. The average Bonchev–Trinajstić information content (AvgIpc) is 2.45. The Morgan fingerprint density at radius 1 is 1.62 bits per heavy atom. The molecule has 74 valence electrons. The van der Waals surface area contributed by atoms with Gasteiger partial charge in [-0.1, -0.05) is 22.9 Å². The predicted molar refractivity (Wildman–Crippen MR) is 46.6 cm³/mol. The highest BCUT2D eigenvalue weighted by atomic mass is 35.5. The lowest BCUT2D eigenvalue weighted by molar-refractivity contribution is 0.117. The van der Waals surface area contributed by atoms with Crippen LogP contribution in [0.25, 0.3) is 0 Å². The van der Waals surface area contributed by atoms with E-state index in [4.69, 9.17) is 22.1 Å². The molecule has 0 radical (unpaired) electrons. The largest absolute Gasteiger partial charge is 0.473 e. The second-order valence-electron chi connectivity index (χ2n) is 2.20. The lowest BCUT2D eigenvalue weighted by Crippen LogP contribution is -2.17. The number of rotatable bonds is 3. The molecule has 1 heterocycles. The molecule has 1 aromatic rings. The molecule has 13 heavy (non-hydrogen) atoms. The quantitative estimate of drug-likeness (QED) is 0.862. The summed E-state index contributed by atoms with van der Waals surface area (Å²) in [4.78, 5) is 3.83. The van der Waals surface area contributed by atoms with Gasteiger partial charge in [-0.15, -0.1) is 0 Å². The highest BCUT2D eigenvalue weighted by Gasteiger charge is 2.24. The monoisotopic (exact) mass is 228 g/mol. The van der Waals surface area contributed by atoms with Crippen LogP contribution in [-0.2, 0) is 0 Å². The molecule has 1 atom stereocenters. The second-order valence-corrected chi connectivity index (χ2v) is 3.55. The Labute approximate surface area is 82.5 Å². The van der Waals surface area contributed by atoms with E-state index in [1.54, 1.807) is 0 Å². The molecule has 7 heteroatoms. The first-order chi connectivity index (χ1) is 6.06. The summed E-state index contributed by atoms with van der Waals surface area (Å²) in [5.41, 5.74) is 5.19. The first-order valence-electron chi connectivity index (χ1n) is 3.30. The molecule has 0 spiro atoms. The van der Waals surface area contributed by atoms with Crippen molar-refractivity contribution in [1.82, 2.24) is 4.98 Å². The first-order valence-corrected chi connectivity index (χ1v) is 4.49. The molecule has 2 N–H and O–H groups in total. The van der Waals surface area contributed by atoms with Crippen molar-refractivity contribution in [2.24, 2.45) is 5.73 Å². The molecule has 1 rings (SSSR count). The van der Waals surface area contributed by atoms with Gasteiger partial charge in [0.2, 0.25) is 0 Å². The molecule has 3 nitrogen and oxygen atoms in total. The van der Waals surface area contributed by atoms with Crippen LogP contribution < -0.4 is 10.5 Å². The number of ether oxygens (including phenoxy) is 1. The predicted octanol–water partition coefficient (Wildman–Crippen LogP) is 2.07. The molecular formula is C6H7ClF2N2OS. The van der Waals surface area contributed by atoms with E-state index < -0.39 is 12.5 Å². The number of thiazole rings is 1. The van der Waals surface area contributed by atoms with Gasteiger partial charge in [-0.2, -0.15) is 4.98 Å². The molecule has 0 aromatic carbocycles. The standard InChI is InChI=1S/C6H7ClF2N2OS/c1-12-6-11-4(7)3(13-6)2(10)5(8)9/h2,5H,10H2,1H3. The number of hydrogen-bond acceptors (Lipinski definition) is 4. The van der Waals surface area contributed by atoms with E-state index in [1.807, 2.05) is 0 Å². The van der Waals surface area contributed by atoms with Gasteiger partial charge < -0.3 is 10.5 Å². The van der Waals surface area contributed by atoms with Crippen LogP contribution in [0.5, 0.6) is 5.19 Å². The van der Waals surface area contributed by atoms with Crippen LogP contribution in [0.15, 0.2) is 0 Å². The van der Waals surface area contributed by atoms with Crippen molar-refractivity contribution in [3.8, 4) is 5.19 Å². The van der Waals surface area contributed by atoms with Crippen molar-refractivity contribution < 1.29 is 13.5 Å². The molecule has 0 fully saturated rings. The van der Waals surface area contributed by atoms with Gasteiger partial charge >= 0.3 is 0 Å². The third-order valence-corrected chi connectivity index (χ3v) is 2.86. The Morgan fingerprint density at radius 3 is 2.62 bits per heavy atom. The Bertz CT molecular complexity index is 294. The third kappa shape index (κ3) is 2.26. The Balaban J connectivity index is 2.93. The molecule has 0 saturated heterocycles. The first kappa shape index (κ1) is 10.6. The maximum absolute atomic E-state index is 12.2. The number of nitrogens with two attached hydrogens (primary N) is 1. The van der Waals surface area contributed by atoms with E-state index in [1.165, 1.54) is 7.11 Å². The van der Waals surface area contributed by atoms with Gasteiger partial charge in [0.25, 0.3) is 11.6 Å². The molecule has 0 amide bonds. The van der Waals surface area contributed by atoms with Gasteiger partial charge in [-0.25, -0.2) is 8.78 Å². The minimum absolute atomic E-state index is 0.0188. The summed E-state index contributed by atoms with van der Waals surface area (Å²) in [7, 11) is 1.38. The van der Waals surface area contributed by atoms with Crippen LogP contribution in [0.3, 0.4) is 0 Å². The number of methoxy groups -OCH3 is 1. The fourth-order valence-electron chi connectivity index (χ4n) is 0.702. The Morgan fingerprint density at radius 2 is 2.23 bits per heavy atom. The van der Waals surface area contributed by atoms with E-state index >= 15 is 0 Å². The van der Waals surface area contributed by atoms with Crippen LogP contribution in [-0.4, -0.2) is 18.5 Å². The van der Waals surface area contributed by atoms with Crippen molar-refractivity contribution >= 4 is 22.9 Å². The number of aromatic nitrogens is 1. The van der Waals surface area contributed by atoms with Crippen molar-refractivity contribution in [3.63, 3.8) is 0 Å². The minimum atomic E-state index is -2.65. The maximum Gasteiger partial charge on any atom is 0.274 e. The molecule has 0 aliphatic heterocycles. The normalized spacial score (nSPS) is 13.4. The molecular weight excluding hydrogens is 222 g/mol. The maximum atomic E-state index is 12.2. The van der Waals surface area contributed by atoms with Gasteiger partial charge in [-0.3, -0.25) is 0 Å². The van der Waals surface area contributed by atoms with E-state index in [0.29, 0.717) is 0 Å². The van der Waals surface area contributed by atoms with Crippen molar-refractivity contribution in [2.45, 2.75) is 12.5 Å². The highest BCUT2D eigenvalue weighted by molar-refractivity contribution is 7.14. The summed E-state index contributed by atoms with van der Waals surface area (Å²) in [5.74, 6) is 0. The number of halogens is 3. The zero-order valence-electron chi connectivity index (χ0n) is 6.63. The lowest BCUT2D eigenvalue weighted by Gasteiger charge is -2.06. The average molecular weight is 229 g/mol. The van der Waals surface area contributed by atoms with Crippen molar-refractivity contribution in [2.75, 3.05) is 7.11 Å². The molecule has 1 aromatic heterocycles. The van der Waals surface area contributed by atoms with E-state index in [2.05, 4.69) is 4.98 Å². The summed E-state index contributed by atoms with van der Waals surface area (Å²) in [6.07, 6.45) is -2.65. The fourth-order valence-corrected chi connectivity index (χ4v) is 1.85. The SMILES string of the molecule is COc1nc(Cl)c(C(N)C(F)F)s1. The van der Waals surface area contributed by atoms with Crippen LogP contribution in [0.4, 0.5) is 8.78 Å². The summed E-state index contributed by atoms with van der Waals surface area (Å²) >= 11 is 6.49. The summed E-state index contributed by atoms with van der Waals surface area (Å²) in [6.45, 7) is 0. The summed E-state index contributed by atoms with van der Waals surface area (Å²) < 4.78 is 29.1. The van der Waals surface area contributed by atoms with Gasteiger partial charge in [-0.05, 0) is 0 Å². The Hall–Kier alpha value is -0.460. The van der Waals surface area contributed by atoms with Gasteiger partial charge in [0.1, 0.15) is 11.2 Å². The smallest absolute Gasteiger partial charge is 0.274 e. The molecule has 0 bridgehead atoms. The zero-order valence-corrected chi connectivity index (χ0v) is 8.20. The number of alkyl halides is 2. The minimum Gasteiger partial charge on any atom is -0.473 e. The lowest BCUT2D eigenvalue weighted by atomic mass is 10.3.